The Bertz CT molecular complexity index is 752. The van der Waals surface area contributed by atoms with E-state index in [1.54, 1.807) is 0 Å². The topological polar surface area (TPSA) is 29.5 Å². The lowest BCUT2D eigenvalue weighted by atomic mass is 9.83. The molecule has 0 spiro atoms. The first-order valence-corrected chi connectivity index (χ1v) is 9.74. The SMILES string of the molecule is C[C@@H]1[C@@H](c2ccccc2)c2ccccc2CCN1C(=O)C[C@@H]1CCOC1. The second-order valence-electron chi connectivity index (χ2n) is 7.60. The fraction of sp³-hybridized carbons (Fsp3) is 0.435. The first-order chi connectivity index (χ1) is 12.7. The van der Waals surface area contributed by atoms with E-state index in [1.165, 1.54) is 16.7 Å². The molecule has 1 fully saturated rings. The van der Waals surface area contributed by atoms with Crippen molar-refractivity contribution in [1.29, 1.82) is 0 Å². The molecule has 0 aliphatic carbocycles. The van der Waals surface area contributed by atoms with Crippen LogP contribution in [0.3, 0.4) is 0 Å². The first-order valence-electron chi connectivity index (χ1n) is 9.74. The van der Waals surface area contributed by atoms with Crippen LogP contribution >= 0.6 is 0 Å². The van der Waals surface area contributed by atoms with Crippen LogP contribution in [-0.2, 0) is 16.0 Å². The van der Waals surface area contributed by atoms with E-state index in [2.05, 4.69) is 66.4 Å². The van der Waals surface area contributed by atoms with Crippen LogP contribution in [0, 0.1) is 5.92 Å². The summed E-state index contributed by atoms with van der Waals surface area (Å²) < 4.78 is 5.47. The standard InChI is InChI=1S/C23H27NO2/c1-17-23(20-8-3-2-4-9-20)21-10-6-5-7-19(21)11-13-24(17)22(25)15-18-12-14-26-16-18/h2-10,17-18,23H,11-16H2,1H3/t17-,18+,23+/m1/s1. The number of rotatable bonds is 3. The zero-order chi connectivity index (χ0) is 17.9. The Morgan fingerprint density at radius 1 is 1.12 bits per heavy atom. The predicted molar refractivity (Wildman–Crippen MR) is 103 cm³/mol. The van der Waals surface area contributed by atoms with Gasteiger partial charge < -0.3 is 9.64 Å². The third kappa shape index (κ3) is 3.41. The maximum atomic E-state index is 13.1. The third-order valence-electron chi connectivity index (χ3n) is 5.95. The van der Waals surface area contributed by atoms with Crippen LogP contribution in [0.5, 0.6) is 0 Å². The summed E-state index contributed by atoms with van der Waals surface area (Å²) in [5.41, 5.74) is 4.02. The molecule has 4 rings (SSSR count). The fourth-order valence-electron chi connectivity index (χ4n) is 4.53. The third-order valence-corrected chi connectivity index (χ3v) is 5.95. The molecule has 0 aromatic heterocycles. The van der Waals surface area contributed by atoms with Crippen LogP contribution in [0.2, 0.25) is 0 Å². The van der Waals surface area contributed by atoms with Crippen LogP contribution < -0.4 is 0 Å². The molecule has 2 aromatic rings. The zero-order valence-corrected chi connectivity index (χ0v) is 15.4. The molecule has 26 heavy (non-hydrogen) atoms. The maximum Gasteiger partial charge on any atom is 0.223 e. The van der Waals surface area contributed by atoms with Crippen molar-refractivity contribution >= 4 is 5.91 Å². The molecule has 1 saturated heterocycles. The fourth-order valence-corrected chi connectivity index (χ4v) is 4.53. The van der Waals surface area contributed by atoms with Crippen molar-refractivity contribution in [2.75, 3.05) is 19.8 Å². The summed E-state index contributed by atoms with van der Waals surface area (Å²) in [6.07, 6.45) is 2.55. The summed E-state index contributed by atoms with van der Waals surface area (Å²) in [5, 5.41) is 0. The van der Waals surface area contributed by atoms with Crippen molar-refractivity contribution in [2.45, 2.75) is 38.1 Å². The van der Waals surface area contributed by atoms with Gasteiger partial charge in [-0.2, -0.15) is 0 Å². The number of carbonyl (C=O) groups excluding carboxylic acids is 1. The number of nitrogens with zero attached hydrogens (tertiary/aromatic N) is 1. The molecule has 2 aliphatic heterocycles. The predicted octanol–water partition coefficient (Wildman–Crippen LogP) is 4.02. The average molecular weight is 349 g/mol. The molecule has 2 heterocycles. The Kier molecular flexibility index (Phi) is 5.07. The molecule has 2 aliphatic rings. The van der Waals surface area contributed by atoms with Gasteiger partial charge in [-0.1, -0.05) is 54.6 Å². The molecule has 3 heteroatoms. The minimum Gasteiger partial charge on any atom is -0.381 e. The van der Waals surface area contributed by atoms with E-state index in [1.807, 2.05) is 0 Å². The van der Waals surface area contributed by atoms with Crippen molar-refractivity contribution in [3.8, 4) is 0 Å². The van der Waals surface area contributed by atoms with Crippen LogP contribution in [0.15, 0.2) is 54.6 Å². The minimum absolute atomic E-state index is 0.149. The normalized spacial score (nSPS) is 25.6. The molecule has 0 radical (unpaired) electrons. The molecule has 0 saturated carbocycles. The highest BCUT2D eigenvalue weighted by molar-refractivity contribution is 5.77. The van der Waals surface area contributed by atoms with Crippen LogP contribution in [0.4, 0.5) is 0 Å². The number of fused-ring (bicyclic) bond motifs is 1. The zero-order valence-electron chi connectivity index (χ0n) is 15.4. The molecule has 136 valence electrons. The van der Waals surface area contributed by atoms with Crippen molar-refractivity contribution in [3.63, 3.8) is 0 Å². The summed E-state index contributed by atoms with van der Waals surface area (Å²) in [6, 6.07) is 19.5. The van der Waals surface area contributed by atoms with Gasteiger partial charge in [0.1, 0.15) is 0 Å². The highest BCUT2D eigenvalue weighted by Crippen LogP contribution is 2.36. The van der Waals surface area contributed by atoms with Crippen molar-refractivity contribution in [2.24, 2.45) is 5.92 Å². The highest BCUT2D eigenvalue weighted by Gasteiger charge is 2.34. The number of amides is 1. The van der Waals surface area contributed by atoms with Gasteiger partial charge in [-0.3, -0.25) is 4.79 Å². The number of hydrogen-bond acceptors (Lipinski definition) is 2. The van der Waals surface area contributed by atoms with E-state index in [4.69, 9.17) is 4.74 Å². The molecule has 3 nitrogen and oxygen atoms in total. The Morgan fingerprint density at radius 2 is 1.88 bits per heavy atom. The number of carbonyl (C=O) groups is 1. The quantitative estimate of drug-likeness (QED) is 0.838. The van der Waals surface area contributed by atoms with E-state index in [9.17, 15) is 4.79 Å². The first kappa shape index (κ1) is 17.3. The smallest absolute Gasteiger partial charge is 0.223 e. The summed E-state index contributed by atoms with van der Waals surface area (Å²) in [5.74, 6) is 0.885. The maximum absolute atomic E-state index is 13.1. The van der Waals surface area contributed by atoms with Gasteiger partial charge in [0.05, 0.1) is 0 Å². The Labute approximate surface area is 156 Å². The second kappa shape index (κ2) is 7.63. The van der Waals surface area contributed by atoms with Crippen molar-refractivity contribution < 1.29 is 9.53 Å². The molecule has 3 atom stereocenters. The molecular weight excluding hydrogens is 322 g/mol. The van der Waals surface area contributed by atoms with Gasteiger partial charge in [0.2, 0.25) is 5.91 Å². The largest absolute Gasteiger partial charge is 0.381 e. The highest BCUT2D eigenvalue weighted by atomic mass is 16.5. The number of hydrogen-bond donors (Lipinski definition) is 0. The molecule has 2 aromatic carbocycles. The van der Waals surface area contributed by atoms with Gasteiger partial charge in [-0.05, 0) is 42.4 Å². The minimum atomic E-state index is 0.149. The lowest BCUT2D eigenvalue weighted by Crippen LogP contribution is -2.42. The molecule has 0 bridgehead atoms. The lowest BCUT2D eigenvalue weighted by molar-refractivity contribution is -0.134. The molecular formula is C23H27NO2. The molecule has 0 N–H and O–H groups in total. The van der Waals surface area contributed by atoms with Gasteiger partial charge in [-0.25, -0.2) is 0 Å². The van der Waals surface area contributed by atoms with Gasteiger partial charge >= 0.3 is 0 Å². The van der Waals surface area contributed by atoms with E-state index in [0.29, 0.717) is 12.3 Å². The van der Waals surface area contributed by atoms with Crippen molar-refractivity contribution in [1.82, 2.24) is 4.90 Å². The van der Waals surface area contributed by atoms with Crippen molar-refractivity contribution in [3.05, 3.63) is 71.3 Å². The lowest BCUT2D eigenvalue weighted by Gasteiger charge is -2.34. The van der Waals surface area contributed by atoms with Gasteiger partial charge in [-0.15, -0.1) is 0 Å². The Morgan fingerprint density at radius 3 is 2.65 bits per heavy atom. The van der Waals surface area contributed by atoms with Crippen LogP contribution in [0.1, 0.15) is 42.4 Å². The Balaban J connectivity index is 1.66. The van der Waals surface area contributed by atoms with E-state index in [0.717, 1.165) is 32.6 Å². The van der Waals surface area contributed by atoms with E-state index >= 15 is 0 Å². The van der Waals surface area contributed by atoms with Crippen LogP contribution in [-0.4, -0.2) is 36.6 Å². The van der Waals surface area contributed by atoms with Gasteiger partial charge in [0.25, 0.3) is 0 Å². The summed E-state index contributed by atoms with van der Waals surface area (Å²) >= 11 is 0. The summed E-state index contributed by atoms with van der Waals surface area (Å²) in [7, 11) is 0. The monoisotopic (exact) mass is 349 g/mol. The summed E-state index contributed by atoms with van der Waals surface area (Å²) in [6.45, 7) is 4.54. The van der Waals surface area contributed by atoms with Crippen LogP contribution in [0.25, 0.3) is 0 Å². The number of benzene rings is 2. The van der Waals surface area contributed by atoms with Gasteiger partial charge in [0, 0.05) is 38.1 Å². The molecule has 0 unspecified atom stereocenters. The Hall–Kier alpha value is -2.13. The van der Waals surface area contributed by atoms with E-state index < -0.39 is 0 Å². The van der Waals surface area contributed by atoms with Gasteiger partial charge in [0.15, 0.2) is 0 Å². The number of ether oxygens (including phenoxy) is 1. The average Bonchev–Trinajstić information content (AvgIpc) is 3.12. The molecule has 1 amide bonds. The van der Waals surface area contributed by atoms with E-state index in [-0.39, 0.29) is 17.9 Å². The summed E-state index contributed by atoms with van der Waals surface area (Å²) in [4.78, 5) is 15.2. The second-order valence-corrected chi connectivity index (χ2v) is 7.60.